The van der Waals surface area contributed by atoms with Gasteiger partial charge in [-0.3, -0.25) is 9.69 Å². The Kier molecular flexibility index (Phi) is 8.96. The van der Waals surface area contributed by atoms with Gasteiger partial charge in [0.25, 0.3) is 0 Å². The van der Waals surface area contributed by atoms with Crippen molar-refractivity contribution < 1.29 is 18.8 Å². The molecule has 7 nitrogen and oxygen atoms in total. The second kappa shape index (κ2) is 12.6. The quantitative estimate of drug-likeness (QED) is 0.354. The lowest BCUT2D eigenvalue weighted by Crippen LogP contribution is -2.47. The Labute approximate surface area is 236 Å². The molecule has 2 fully saturated rings. The van der Waals surface area contributed by atoms with E-state index in [-0.39, 0.29) is 29.6 Å². The number of piperidine rings is 1. The zero-order chi connectivity index (χ0) is 28.2. The Bertz CT molecular complexity index is 1260. The van der Waals surface area contributed by atoms with Crippen LogP contribution in [0.4, 0.5) is 4.39 Å². The van der Waals surface area contributed by atoms with Gasteiger partial charge in [-0.2, -0.15) is 4.98 Å². The van der Waals surface area contributed by atoms with E-state index in [1.165, 1.54) is 11.6 Å². The van der Waals surface area contributed by atoms with Crippen LogP contribution in [-0.4, -0.2) is 69.8 Å². The van der Waals surface area contributed by atoms with E-state index in [9.17, 15) is 14.3 Å². The lowest BCUT2D eigenvalue weighted by molar-refractivity contribution is -0.145. The number of likely N-dealkylation sites (N-methyl/N-ethyl adjacent to an activating group) is 1. The summed E-state index contributed by atoms with van der Waals surface area (Å²) in [4.78, 5) is 21.3. The third-order valence-corrected chi connectivity index (χ3v) is 8.96. The summed E-state index contributed by atoms with van der Waals surface area (Å²) < 4.78 is 19.9. The number of carboxylic acids is 1. The fourth-order valence-electron chi connectivity index (χ4n) is 6.91. The van der Waals surface area contributed by atoms with Gasteiger partial charge in [0.2, 0.25) is 5.89 Å². The second-order valence-electron chi connectivity index (χ2n) is 12.0. The van der Waals surface area contributed by atoms with Crippen molar-refractivity contribution in [1.29, 1.82) is 0 Å². The van der Waals surface area contributed by atoms with E-state index >= 15 is 0 Å². The Hall–Kier alpha value is -3.10. The molecule has 1 saturated heterocycles. The van der Waals surface area contributed by atoms with Gasteiger partial charge in [0.05, 0.1) is 0 Å². The third-order valence-electron chi connectivity index (χ3n) is 8.96. The topological polar surface area (TPSA) is 82.7 Å². The van der Waals surface area contributed by atoms with Gasteiger partial charge in [0.1, 0.15) is 11.9 Å². The molecule has 2 aliphatic rings. The average Bonchev–Trinajstić information content (AvgIpc) is 3.57. The standard InChI is InChI=1S/C32H41FN4O3/c1-21(2)30(32(38)39)36(3)27-18-25(28(19-27)24-10-7-11-26(33)17-24)20-37-14-12-23(13-15-37)31-34-29(35-40-31)16-22-8-5-4-6-9-22/h4-11,17,21,23,25,27-28,30H,12-16,18-20H2,1-3H3,(H,38,39)/t25?,27?,28?,30-/m1/s1. The minimum absolute atomic E-state index is 0.00565. The molecule has 4 atom stereocenters. The molecule has 3 aromatic rings. The molecule has 5 rings (SSSR count). The fourth-order valence-corrected chi connectivity index (χ4v) is 6.91. The number of rotatable bonds is 10. The van der Waals surface area contributed by atoms with Crippen LogP contribution in [0.2, 0.25) is 0 Å². The average molecular weight is 549 g/mol. The molecule has 214 valence electrons. The molecule has 0 bridgehead atoms. The number of aromatic nitrogens is 2. The predicted octanol–water partition coefficient (Wildman–Crippen LogP) is 5.58. The Balaban J connectivity index is 1.23. The largest absolute Gasteiger partial charge is 0.480 e. The van der Waals surface area contributed by atoms with E-state index in [0.29, 0.717) is 12.3 Å². The summed E-state index contributed by atoms with van der Waals surface area (Å²) in [6.45, 7) is 6.73. The number of carboxylic acid groups (broad SMARTS) is 1. The highest BCUT2D eigenvalue weighted by molar-refractivity contribution is 5.73. The van der Waals surface area contributed by atoms with Crippen molar-refractivity contribution in [3.63, 3.8) is 0 Å². The van der Waals surface area contributed by atoms with Crippen molar-refractivity contribution in [3.05, 3.63) is 83.3 Å². The molecule has 2 aromatic carbocycles. The van der Waals surface area contributed by atoms with Gasteiger partial charge >= 0.3 is 5.97 Å². The Morgan fingerprint density at radius 2 is 1.88 bits per heavy atom. The number of hydrogen-bond acceptors (Lipinski definition) is 6. The Morgan fingerprint density at radius 1 is 1.12 bits per heavy atom. The number of benzene rings is 2. The lowest BCUT2D eigenvalue weighted by Gasteiger charge is -2.34. The molecule has 0 radical (unpaired) electrons. The van der Waals surface area contributed by atoms with Crippen LogP contribution < -0.4 is 0 Å². The summed E-state index contributed by atoms with van der Waals surface area (Å²) >= 11 is 0. The normalized spacial score (nSPS) is 23.2. The molecule has 1 aliphatic heterocycles. The van der Waals surface area contributed by atoms with E-state index in [1.54, 1.807) is 12.1 Å². The highest BCUT2D eigenvalue weighted by atomic mass is 19.1. The summed E-state index contributed by atoms with van der Waals surface area (Å²) in [6.07, 6.45) is 4.33. The molecule has 1 N–H and O–H groups in total. The van der Waals surface area contributed by atoms with Crippen molar-refractivity contribution in [2.75, 3.05) is 26.7 Å². The smallest absolute Gasteiger partial charge is 0.321 e. The number of nitrogens with zero attached hydrogens (tertiary/aromatic N) is 4. The minimum atomic E-state index is -0.779. The van der Waals surface area contributed by atoms with Gasteiger partial charge in [0, 0.05) is 24.9 Å². The van der Waals surface area contributed by atoms with Crippen LogP contribution in [-0.2, 0) is 11.2 Å². The van der Waals surface area contributed by atoms with E-state index in [1.807, 2.05) is 50.1 Å². The minimum Gasteiger partial charge on any atom is -0.480 e. The zero-order valence-electron chi connectivity index (χ0n) is 23.7. The SMILES string of the molecule is CC(C)[C@H](C(=O)O)N(C)C1CC(CN2CCC(c3nc(Cc4ccccc4)no3)CC2)C(c2cccc(F)c2)C1. The van der Waals surface area contributed by atoms with Gasteiger partial charge in [-0.15, -0.1) is 0 Å². The van der Waals surface area contributed by atoms with Gasteiger partial charge < -0.3 is 14.5 Å². The van der Waals surface area contributed by atoms with Gasteiger partial charge in [-0.05, 0) is 86.8 Å². The number of aliphatic carboxylic acids is 1. The Morgan fingerprint density at radius 3 is 2.55 bits per heavy atom. The summed E-state index contributed by atoms with van der Waals surface area (Å²) in [7, 11) is 1.94. The van der Waals surface area contributed by atoms with Crippen molar-refractivity contribution in [3.8, 4) is 0 Å². The maximum atomic E-state index is 14.2. The molecule has 40 heavy (non-hydrogen) atoms. The molecule has 2 heterocycles. The zero-order valence-corrected chi connectivity index (χ0v) is 23.7. The third kappa shape index (κ3) is 6.61. The first-order chi connectivity index (χ1) is 19.3. The molecule has 1 saturated carbocycles. The van der Waals surface area contributed by atoms with Crippen molar-refractivity contribution >= 4 is 5.97 Å². The molecule has 0 amide bonds. The number of halogens is 1. The first kappa shape index (κ1) is 28.4. The van der Waals surface area contributed by atoms with Crippen LogP contribution in [0.5, 0.6) is 0 Å². The summed E-state index contributed by atoms with van der Waals surface area (Å²) in [5.41, 5.74) is 2.19. The lowest BCUT2D eigenvalue weighted by atomic mass is 9.87. The molecule has 3 unspecified atom stereocenters. The molecule has 1 aliphatic carbocycles. The van der Waals surface area contributed by atoms with Crippen molar-refractivity contribution in [2.24, 2.45) is 11.8 Å². The van der Waals surface area contributed by atoms with Crippen LogP contribution in [0.25, 0.3) is 0 Å². The molecular weight excluding hydrogens is 507 g/mol. The number of carbonyl (C=O) groups is 1. The van der Waals surface area contributed by atoms with Crippen LogP contribution >= 0.6 is 0 Å². The van der Waals surface area contributed by atoms with Gasteiger partial charge in [-0.1, -0.05) is 61.5 Å². The fraction of sp³-hybridized carbons (Fsp3) is 0.531. The monoisotopic (exact) mass is 548 g/mol. The number of hydrogen-bond donors (Lipinski definition) is 1. The van der Waals surface area contributed by atoms with Gasteiger partial charge in [0.15, 0.2) is 5.82 Å². The van der Waals surface area contributed by atoms with Crippen LogP contribution in [0.1, 0.15) is 74.2 Å². The van der Waals surface area contributed by atoms with E-state index in [0.717, 1.165) is 62.6 Å². The van der Waals surface area contributed by atoms with Crippen LogP contribution in [0, 0.1) is 17.7 Å². The summed E-state index contributed by atoms with van der Waals surface area (Å²) in [5, 5.41) is 14.1. The molecular formula is C32H41FN4O3. The van der Waals surface area contributed by atoms with Crippen LogP contribution in [0.15, 0.2) is 59.1 Å². The second-order valence-corrected chi connectivity index (χ2v) is 12.0. The van der Waals surface area contributed by atoms with Gasteiger partial charge in [-0.25, -0.2) is 4.39 Å². The maximum Gasteiger partial charge on any atom is 0.321 e. The highest BCUT2D eigenvalue weighted by Gasteiger charge is 2.42. The molecule has 1 aromatic heterocycles. The predicted molar refractivity (Wildman–Crippen MR) is 152 cm³/mol. The summed E-state index contributed by atoms with van der Waals surface area (Å²) in [6, 6.07) is 16.7. The van der Waals surface area contributed by atoms with Crippen molar-refractivity contribution in [2.45, 2.75) is 69.9 Å². The van der Waals surface area contributed by atoms with E-state index in [2.05, 4.69) is 22.2 Å². The maximum absolute atomic E-state index is 14.2. The van der Waals surface area contributed by atoms with E-state index < -0.39 is 12.0 Å². The highest BCUT2D eigenvalue weighted by Crippen LogP contribution is 2.43. The summed E-state index contributed by atoms with van der Waals surface area (Å²) in [5.74, 6) is 1.25. The first-order valence-corrected chi connectivity index (χ1v) is 14.6. The molecule has 0 spiro atoms. The van der Waals surface area contributed by atoms with E-state index in [4.69, 9.17) is 9.51 Å². The molecule has 8 heteroatoms. The van der Waals surface area contributed by atoms with Crippen LogP contribution in [0.3, 0.4) is 0 Å². The van der Waals surface area contributed by atoms with Crippen molar-refractivity contribution in [1.82, 2.24) is 19.9 Å². The first-order valence-electron chi connectivity index (χ1n) is 14.6. The number of likely N-dealkylation sites (tertiary alicyclic amines) is 1.